The first-order chi connectivity index (χ1) is 6.59. The minimum Gasteiger partial charge on any atom is -0.370 e. The van der Waals surface area contributed by atoms with Crippen molar-refractivity contribution >= 4 is 5.91 Å². The summed E-state index contributed by atoms with van der Waals surface area (Å²) in [5.74, 6) is -0.194. The van der Waals surface area contributed by atoms with Gasteiger partial charge in [-0.1, -0.05) is 31.2 Å². The zero-order valence-electron chi connectivity index (χ0n) is 8.42. The van der Waals surface area contributed by atoms with Crippen LogP contribution in [0.3, 0.4) is 0 Å². The molecule has 2 N–H and O–H groups in total. The maximum absolute atomic E-state index is 10.9. The highest BCUT2D eigenvalue weighted by atomic mass is 16.1. The van der Waals surface area contributed by atoms with Crippen LogP contribution in [-0.2, 0) is 17.6 Å². The number of rotatable bonds is 2. The van der Waals surface area contributed by atoms with Crippen LogP contribution in [0.1, 0.15) is 24.5 Å². The van der Waals surface area contributed by atoms with E-state index in [-0.39, 0.29) is 11.3 Å². The lowest BCUT2D eigenvalue weighted by atomic mass is 9.83. The second-order valence-electron chi connectivity index (χ2n) is 4.58. The molecule has 0 saturated heterocycles. The number of carbonyl (C=O) groups is 1. The number of benzene rings is 1. The normalized spacial score (nSPS) is 17.8. The first kappa shape index (κ1) is 9.25. The number of amides is 1. The SMILES string of the molecule is CC1(CC(N)=O)Cc2ccccc2C1. The van der Waals surface area contributed by atoms with E-state index in [1.807, 2.05) is 0 Å². The van der Waals surface area contributed by atoms with E-state index in [1.165, 1.54) is 11.1 Å². The van der Waals surface area contributed by atoms with Crippen molar-refractivity contribution in [3.8, 4) is 0 Å². The molecule has 0 saturated carbocycles. The Labute approximate surface area is 84.1 Å². The van der Waals surface area contributed by atoms with Crippen molar-refractivity contribution in [3.63, 3.8) is 0 Å². The Bertz CT molecular complexity index is 345. The second-order valence-corrected chi connectivity index (χ2v) is 4.58. The molecule has 1 aromatic carbocycles. The number of primary amides is 1. The molecule has 0 fully saturated rings. The van der Waals surface area contributed by atoms with E-state index in [0.29, 0.717) is 6.42 Å². The van der Waals surface area contributed by atoms with E-state index < -0.39 is 0 Å². The number of nitrogens with two attached hydrogens (primary N) is 1. The van der Waals surface area contributed by atoms with Gasteiger partial charge in [-0.25, -0.2) is 0 Å². The number of carbonyl (C=O) groups excluding carboxylic acids is 1. The molecule has 1 amide bonds. The third-order valence-corrected chi connectivity index (χ3v) is 2.95. The lowest BCUT2D eigenvalue weighted by Gasteiger charge is -2.20. The molecule has 1 aromatic rings. The number of hydrogen-bond acceptors (Lipinski definition) is 1. The summed E-state index contributed by atoms with van der Waals surface area (Å²) in [4.78, 5) is 10.9. The zero-order valence-corrected chi connectivity index (χ0v) is 8.42. The van der Waals surface area contributed by atoms with Crippen molar-refractivity contribution in [3.05, 3.63) is 35.4 Å². The Kier molecular flexibility index (Phi) is 2.06. The third kappa shape index (κ3) is 1.65. The molecule has 74 valence electrons. The van der Waals surface area contributed by atoms with Crippen LogP contribution in [0.5, 0.6) is 0 Å². The minimum absolute atomic E-state index is 0.0511. The summed E-state index contributed by atoms with van der Waals surface area (Å²) in [6.45, 7) is 2.14. The first-order valence-corrected chi connectivity index (χ1v) is 4.94. The lowest BCUT2D eigenvalue weighted by molar-refractivity contribution is -0.119. The van der Waals surface area contributed by atoms with Crippen LogP contribution >= 0.6 is 0 Å². The lowest BCUT2D eigenvalue weighted by Crippen LogP contribution is -2.25. The molecule has 0 unspecified atom stereocenters. The highest BCUT2D eigenvalue weighted by Crippen LogP contribution is 2.38. The van der Waals surface area contributed by atoms with E-state index in [0.717, 1.165) is 12.8 Å². The second kappa shape index (κ2) is 3.12. The highest BCUT2D eigenvalue weighted by molar-refractivity contribution is 5.74. The van der Waals surface area contributed by atoms with Gasteiger partial charge in [0, 0.05) is 6.42 Å². The van der Waals surface area contributed by atoms with E-state index in [1.54, 1.807) is 0 Å². The molecule has 0 aromatic heterocycles. The predicted molar refractivity (Wildman–Crippen MR) is 55.8 cm³/mol. The summed E-state index contributed by atoms with van der Waals surface area (Å²) < 4.78 is 0. The number of hydrogen-bond donors (Lipinski definition) is 1. The summed E-state index contributed by atoms with van der Waals surface area (Å²) in [6, 6.07) is 8.38. The summed E-state index contributed by atoms with van der Waals surface area (Å²) in [7, 11) is 0. The molecule has 0 spiro atoms. The van der Waals surface area contributed by atoms with Crippen molar-refractivity contribution in [1.82, 2.24) is 0 Å². The molecule has 2 heteroatoms. The van der Waals surface area contributed by atoms with Crippen LogP contribution in [0.15, 0.2) is 24.3 Å². The van der Waals surface area contributed by atoms with Crippen molar-refractivity contribution in [2.24, 2.45) is 11.1 Å². The Morgan fingerprint density at radius 3 is 2.29 bits per heavy atom. The van der Waals surface area contributed by atoms with Crippen LogP contribution < -0.4 is 5.73 Å². The van der Waals surface area contributed by atoms with Crippen molar-refractivity contribution in [2.75, 3.05) is 0 Å². The molecule has 0 aliphatic heterocycles. The molecule has 2 rings (SSSR count). The monoisotopic (exact) mass is 189 g/mol. The average molecular weight is 189 g/mol. The molecule has 0 atom stereocenters. The fourth-order valence-electron chi connectivity index (χ4n) is 2.43. The van der Waals surface area contributed by atoms with Crippen molar-refractivity contribution in [1.29, 1.82) is 0 Å². The molecular weight excluding hydrogens is 174 g/mol. The Hall–Kier alpha value is -1.31. The Morgan fingerprint density at radius 1 is 1.36 bits per heavy atom. The minimum atomic E-state index is -0.194. The standard InChI is InChI=1S/C12H15NO/c1-12(8-11(13)14)6-9-4-2-3-5-10(9)7-12/h2-5H,6-8H2,1H3,(H2,13,14). The van der Waals surface area contributed by atoms with Crippen molar-refractivity contribution in [2.45, 2.75) is 26.2 Å². The van der Waals surface area contributed by atoms with Crippen LogP contribution in [0.4, 0.5) is 0 Å². The van der Waals surface area contributed by atoms with Gasteiger partial charge < -0.3 is 5.73 Å². The van der Waals surface area contributed by atoms with Crippen LogP contribution in [-0.4, -0.2) is 5.91 Å². The smallest absolute Gasteiger partial charge is 0.217 e. The van der Waals surface area contributed by atoms with Gasteiger partial charge in [0.25, 0.3) is 0 Å². The summed E-state index contributed by atoms with van der Waals surface area (Å²) in [5, 5.41) is 0. The van der Waals surface area contributed by atoms with Gasteiger partial charge in [0.05, 0.1) is 0 Å². The van der Waals surface area contributed by atoms with E-state index >= 15 is 0 Å². The van der Waals surface area contributed by atoms with Gasteiger partial charge in [-0.05, 0) is 29.4 Å². The largest absolute Gasteiger partial charge is 0.370 e. The molecule has 0 bridgehead atoms. The van der Waals surface area contributed by atoms with Crippen LogP contribution in [0.25, 0.3) is 0 Å². The van der Waals surface area contributed by atoms with Crippen LogP contribution in [0.2, 0.25) is 0 Å². The fraction of sp³-hybridized carbons (Fsp3) is 0.417. The van der Waals surface area contributed by atoms with E-state index in [2.05, 4.69) is 31.2 Å². The Balaban J connectivity index is 2.21. The van der Waals surface area contributed by atoms with Gasteiger partial charge in [-0.2, -0.15) is 0 Å². The molecule has 1 aliphatic rings. The van der Waals surface area contributed by atoms with E-state index in [4.69, 9.17) is 5.73 Å². The predicted octanol–water partition coefficient (Wildman–Crippen LogP) is 1.67. The molecular formula is C12H15NO. The first-order valence-electron chi connectivity index (χ1n) is 4.94. The molecule has 1 aliphatic carbocycles. The summed E-state index contributed by atoms with van der Waals surface area (Å²) in [6.07, 6.45) is 2.44. The summed E-state index contributed by atoms with van der Waals surface area (Å²) in [5.41, 5.74) is 8.05. The maximum Gasteiger partial charge on any atom is 0.217 e. The third-order valence-electron chi connectivity index (χ3n) is 2.95. The zero-order chi connectivity index (χ0) is 10.2. The van der Waals surface area contributed by atoms with Gasteiger partial charge in [-0.3, -0.25) is 4.79 Å². The molecule has 14 heavy (non-hydrogen) atoms. The topological polar surface area (TPSA) is 43.1 Å². The fourth-order valence-corrected chi connectivity index (χ4v) is 2.43. The van der Waals surface area contributed by atoms with Gasteiger partial charge in [0.1, 0.15) is 0 Å². The van der Waals surface area contributed by atoms with Crippen molar-refractivity contribution < 1.29 is 4.79 Å². The molecule has 0 radical (unpaired) electrons. The van der Waals surface area contributed by atoms with Gasteiger partial charge in [-0.15, -0.1) is 0 Å². The van der Waals surface area contributed by atoms with Gasteiger partial charge in [0.2, 0.25) is 5.91 Å². The maximum atomic E-state index is 10.9. The average Bonchev–Trinajstić information content (AvgIpc) is 2.38. The van der Waals surface area contributed by atoms with Gasteiger partial charge >= 0.3 is 0 Å². The summed E-state index contributed by atoms with van der Waals surface area (Å²) >= 11 is 0. The molecule has 2 nitrogen and oxygen atoms in total. The molecule has 0 heterocycles. The number of fused-ring (bicyclic) bond motifs is 1. The Morgan fingerprint density at radius 2 is 1.86 bits per heavy atom. The van der Waals surface area contributed by atoms with Gasteiger partial charge in [0.15, 0.2) is 0 Å². The van der Waals surface area contributed by atoms with E-state index in [9.17, 15) is 4.79 Å². The van der Waals surface area contributed by atoms with Crippen LogP contribution in [0, 0.1) is 5.41 Å². The quantitative estimate of drug-likeness (QED) is 0.755. The highest BCUT2D eigenvalue weighted by Gasteiger charge is 2.33.